The molecule has 6 nitrogen and oxygen atoms in total. The van der Waals surface area contributed by atoms with Gasteiger partial charge in [0.2, 0.25) is 0 Å². The topological polar surface area (TPSA) is 78.9 Å². The van der Waals surface area contributed by atoms with Crippen LogP contribution in [0.1, 0.15) is 323 Å². The molecule has 0 bridgehead atoms. The van der Waals surface area contributed by atoms with E-state index in [-0.39, 0.29) is 31.1 Å². The number of esters is 3. The fourth-order valence-corrected chi connectivity index (χ4v) is 8.62. The van der Waals surface area contributed by atoms with E-state index in [2.05, 4.69) is 20.8 Å². The summed E-state index contributed by atoms with van der Waals surface area (Å²) in [4.78, 5) is 37.6. The van der Waals surface area contributed by atoms with Gasteiger partial charge in [-0.3, -0.25) is 14.4 Å². The zero-order valence-electron chi connectivity index (χ0n) is 42.2. The predicted molar refractivity (Wildman–Crippen MR) is 266 cm³/mol. The van der Waals surface area contributed by atoms with Gasteiger partial charge in [-0.2, -0.15) is 0 Å². The third kappa shape index (κ3) is 49.4. The molecule has 62 heavy (non-hydrogen) atoms. The lowest BCUT2D eigenvalue weighted by atomic mass is 10.0. The Morgan fingerprint density at radius 3 is 0.645 bits per heavy atom. The monoisotopic (exact) mass is 877 g/mol. The number of unbranched alkanes of at least 4 members (excludes halogenated alkanes) is 41. The molecule has 0 aromatic heterocycles. The Bertz CT molecular complexity index is 920. The Morgan fingerprint density at radius 2 is 0.435 bits per heavy atom. The smallest absolute Gasteiger partial charge is 0.306 e. The molecular weight excluding hydrogens is 769 g/mol. The molecule has 0 aromatic rings. The molecule has 0 amide bonds. The fraction of sp³-hybridized carbons (Fsp3) is 0.946. The van der Waals surface area contributed by atoms with E-state index >= 15 is 0 Å². The van der Waals surface area contributed by atoms with Gasteiger partial charge < -0.3 is 14.2 Å². The van der Waals surface area contributed by atoms with Crippen molar-refractivity contribution in [3.8, 4) is 0 Å². The maximum Gasteiger partial charge on any atom is 0.306 e. The molecule has 368 valence electrons. The first-order chi connectivity index (χ1) is 30.5. The van der Waals surface area contributed by atoms with Crippen molar-refractivity contribution in [2.45, 2.75) is 329 Å². The van der Waals surface area contributed by atoms with E-state index in [4.69, 9.17) is 14.2 Å². The summed E-state index contributed by atoms with van der Waals surface area (Å²) in [5, 5.41) is 0. The first-order valence-electron chi connectivity index (χ1n) is 28.0. The highest BCUT2D eigenvalue weighted by Crippen LogP contribution is 2.18. The summed E-state index contributed by atoms with van der Waals surface area (Å²) in [6.45, 7) is 6.59. The van der Waals surface area contributed by atoms with E-state index < -0.39 is 6.10 Å². The SMILES string of the molecule is CCCCCCCCCCCCCCCCCCCCCCCCCCCCCCC(=O)OCC(COC(=O)CCCCCCC)OC(=O)CCCCCCCCCCCCC. The van der Waals surface area contributed by atoms with Gasteiger partial charge in [0, 0.05) is 19.3 Å². The van der Waals surface area contributed by atoms with Crippen molar-refractivity contribution in [3.05, 3.63) is 0 Å². The standard InChI is InChI=1S/C56H108O6/c1-4-7-10-13-15-17-19-20-21-22-23-24-25-26-27-28-29-30-31-32-33-34-35-37-38-40-43-46-49-55(58)61-52-53(51-60-54(57)48-45-42-12-9-6-3)62-56(59)50-47-44-41-39-36-18-16-14-11-8-5-2/h53H,4-52H2,1-3H3. The Balaban J connectivity index is 3.88. The molecule has 0 aliphatic rings. The number of hydrogen-bond acceptors (Lipinski definition) is 6. The Hall–Kier alpha value is -1.59. The summed E-state index contributed by atoms with van der Waals surface area (Å²) in [5.41, 5.74) is 0. The van der Waals surface area contributed by atoms with Crippen molar-refractivity contribution in [3.63, 3.8) is 0 Å². The van der Waals surface area contributed by atoms with Crippen LogP contribution < -0.4 is 0 Å². The molecule has 1 atom stereocenters. The molecule has 1 unspecified atom stereocenters. The van der Waals surface area contributed by atoms with Crippen LogP contribution in [0.4, 0.5) is 0 Å². The third-order valence-corrected chi connectivity index (χ3v) is 12.9. The molecule has 6 heteroatoms. The molecule has 0 spiro atoms. The molecule has 0 heterocycles. The summed E-state index contributed by atoms with van der Waals surface area (Å²) in [7, 11) is 0. The van der Waals surface area contributed by atoms with Crippen molar-refractivity contribution in [2.24, 2.45) is 0 Å². The van der Waals surface area contributed by atoms with Crippen LogP contribution in [0, 0.1) is 0 Å². The number of hydrogen-bond donors (Lipinski definition) is 0. The van der Waals surface area contributed by atoms with E-state index in [1.165, 1.54) is 218 Å². The van der Waals surface area contributed by atoms with Crippen LogP contribution in [0.5, 0.6) is 0 Å². The van der Waals surface area contributed by atoms with Gasteiger partial charge in [-0.1, -0.05) is 284 Å². The van der Waals surface area contributed by atoms with Crippen LogP contribution in [-0.4, -0.2) is 37.2 Å². The minimum absolute atomic E-state index is 0.0633. The van der Waals surface area contributed by atoms with Crippen LogP contribution in [0.3, 0.4) is 0 Å². The number of carbonyl (C=O) groups is 3. The van der Waals surface area contributed by atoms with Gasteiger partial charge in [-0.15, -0.1) is 0 Å². The summed E-state index contributed by atoms with van der Waals surface area (Å²) in [6.07, 6.45) is 57.3. The second-order valence-corrected chi connectivity index (χ2v) is 19.2. The molecule has 0 N–H and O–H groups in total. The van der Waals surface area contributed by atoms with Crippen LogP contribution in [-0.2, 0) is 28.6 Å². The lowest BCUT2D eigenvalue weighted by Crippen LogP contribution is -2.30. The van der Waals surface area contributed by atoms with Crippen LogP contribution >= 0.6 is 0 Å². The van der Waals surface area contributed by atoms with E-state index in [0.29, 0.717) is 19.3 Å². The van der Waals surface area contributed by atoms with Gasteiger partial charge in [0.25, 0.3) is 0 Å². The Labute approximate surface area is 387 Å². The number of carbonyl (C=O) groups excluding carboxylic acids is 3. The zero-order valence-corrected chi connectivity index (χ0v) is 42.2. The quantitative estimate of drug-likeness (QED) is 0.0344. The first-order valence-corrected chi connectivity index (χ1v) is 28.0. The Kier molecular flexibility index (Phi) is 50.7. The molecule has 0 saturated heterocycles. The summed E-state index contributed by atoms with van der Waals surface area (Å²) >= 11 is 0. The maximum atomic E-state index is 12.7. The fourth-order valence-electron chi connectivity index (χ4n) is 8.62. The van der Waals surface area contributed by atoms with Gasteiger partial charge in [-0.25, -0.2) is 0 Å². The van der Waals surface area contributed by atoms with Gasteiger partial charge >= 0.3 is 17.9 Å². The molecular formula is C56H108O6. The summed E-state index contributed by atoms with van der Waals surface area (Å²) in [5.74, 6) is -0.859. The molecule has 0 rings (SSSR count). The minimum atomic E-state index is -0.758. The second kappa shape index (κ2) is 52.0. The van der Waals surface area contributed by atoms with Gasteiger partial charge in [-0.05, 0) is 19.3 Å². The zero-order chi connectivity index (χ0) is 45.1. The van der Waals surface area contributed by atoms with Gasteiger partial charge in [0.1, 0.15) is 13.2 Å². The molecule has 0 aromatic carbocycles. The molecule has 0 aliphatic carbocycles. The van der Waals surface area contributed by atoms with Gasteiger partial charge in [0.15, 0.2) is 6.10 Å². The molecule has 0 aliphatic heterocycles. The van der Waals surface area contributed by atoms with Crippen molar-refractivity contribution >= 4 is 17.9 Å². The average molecular weight is 877 g/mol. The molecule has 0 radical (unpaired) electrons. The van der Waals surface area contributed by atoms with Crippen molar-refractivity contribution in [1.82, 2.24) is 0 Å². The average Bonchev–Trinajstić information content (AvgIpc) is 3.27. The minimum Gasteiger partial charge on any atom is -0.462 e. The summed E-state index contributed by atoms with van der Waals surface area (Å²) in [6, 6.07) is 0. The normalized spacial score (nSPS) is 11.9. The third-order valence-electron chi connectivity index (χ3n) is 12.9. The Morgan fingerprint density at radius 1 is 0.258 bits per heavy atom. The van der Waals surface area contributed by atoms with Crippen LogP contribution in [0.2, 0.25) is 0 Å². The van der Waals surface area contributed by atoms with E-state index in [1.54, 1.807) is 0 Å². The second-order valence-electron chi connectivity index (χ2n) is 19.2. The number of rotatable bonds is 52. The number of ether oxygens (including phenoxy) is 3. The highest BCUT2D eigenvalue weighted by Gasteiger charge is 2.19. The van der Waals surface area contributed by atoms with Crippen LogP contribution in [0.25, 0.3) is 0 Å². The maximum absolute atomic E-state index is 12.7. The van der Waals surface area contributed by atoms with Crippen molar-refractivity contribution < 1.29 is 28.6 Å². The van der Waals surface area contributed by atoms with E-state index in [0.717, 1.165) is 64.2 Å². The van der Waals surface area contributed by atoms with Crippen molar-refractivity contribution in [1.29, 1.82) is 0 Å². The predicted octanol–water partition coefficient (Wildman–Crippen LogP) is 18.4. The highest BCUT2D eigenvalue weighted by atomic mass is 16.6. The first kappa shape index (κ1) is 60.4. The lowest BCUT2D eigenvalue weighted by Gasteiger charge is -2.18. The van der Waals surface area contributed by atoms with Gasteiger partial charge in [0.05, 0.1) is 0 Å². The lowest BCUT2D eigenvalue weighted by molar-refractivity contribution is -0.167. The largest absolute Gasteiger partial charge is 0.462 e. The summed E-state index contributed by atoms with van der Waals surface area (Å²) < 4.78 is 16.7. The van der Waals surface area contributed by atoms with Crippen molar-refractivity contribution in [2.75, 3.05) is 13.2 Å². The van der Waals surface area contributed by atoms with Crippen LogP contribution in [0.15, 0.2) is 0 Å². The van der Waals surface area contributed by atoms with E-state index in [1.807, 2.05) is 0 Å². The highest BCUT2D eigenvalue weighted by molar-refractivity contribution is 5.71. The van der Waals surface area contributed by atoms with E-state index in [9.17, 15) is 14.4 Å². The molecule has 0 fully saturated rings. The molecule has 0 saturated carbocycles.